The topological polar surface area (TPSA) is 48.4 Å². The van der Waals surface area contributed by atoms with Crippen LogP contribution in [0, 0.1) is 12.3 Å². The number of carbonyl (C=O) groups excluding carboxylic acids is 1. The van der Waals surface area contributed by atoms with Crippen molar-refractivity contribution in [2.45, 2.75) is 40.2 Å². The van der Waals surface area contributed by atoms with Crippen molar-refractivity contribution in [3.05, 3.63) is 52.8 Å². The third-order valence-corrected chi connectivity index (χ3v) is 4.53. The SMILES string of the molecule is COOCc1c(C)nc2c(c1-c1ccccc1)C(=O)CC(C)(C)C2. The number of Topliss-reactive ketones (excluding diaryl/α,β-unsaturated/α-hetero) is 1. The average molecular weight is 325 g/mol. The first-order valence-electron chi connectivity index (χ1n) is 8.19. The first kappa shape index (κ1) is 16.8. The molecular weight excluding hydrogens is 302 g/mol. The molecule has 0 spiro atoms. The summed E-state index contributed by atoms with van der Waals surface area (Å²) in [5.41, 5.74) is 5.35. The standard InChI is InChI=1S/C20H23NO3/c1-13-15(12-24-23-4)18(14-8-6-5-7-9-14)19-16(21-13)10-20(2,3)11-17(19)22/h5-9H,10-12H2,1-4H3. The quantitative estimate of drug-likeness (QED) is 0.621. The third kappa shape index (κ3) is 3.12. The Kier molecular flexibility index (Phi) is 4.52. The highest BCUT2D eigenvalue weighted by Gasteiger charge is 2.35. The van der Waals surface area contributed by atoms with E-state index in [2.05, 4.69) is 13.8 Å². The summed E-state index contributed by atoms with van der Waals surface area (Å²) in [5, 5.41) is 0. The number of hydrogen-bond acceptors (Lipinski definition) is 4. The van der Waals surface area contributed by atoms with Crippen LogP contribution in [0.5, 0.6) is 0 Å². The number of rotatable bonds is 4. The number of fused-ring (bicyclic) bond motifs is 1. The van der Waals surface area contributed by atoms with Crippen LogP contribution in [-0.4, -0.2) is 17.9 Å². The number of benzene rings is 1. The molecule has 0 aliphatic heterocycles. The lowest BCUT2D eigenvalue weighted by Crippen LogP contribution is -2.29. The number of aryl methyl sites for hydroxylation is 1. The van der Waals surface area contributed by atoms with Gasteiger partial charge in [-0.2, -0.15) is 0 Å². The average Bonchev–Trinajstić information content (AvgIpc) is 2.52. The van der Waals surface area contributed by atoms with Crippen LogP contribution < -0.4 is 0 Å². The zero-order valence-electron chi connectivity index (χ0n) is 14.7. The van der Waals surface area contributed by atoms with Gasteiger partial charge in [0.05, 0.1) is 12.8 Å². The van der Waals surface area contributed by atoms with Crippen molar-refractivity contribution in [2.24, 2.45) is 5.41 Å². The van der Waals surface area contributed by atoms with Gasteiger partial charge in [-0.05, 0) is 24.3 Å². The van der Waals surface area contributed by atoms with Crippen LogP contribution in [0.4, 0.5) is 0 Å². The summed E-state index contributed by atoms with van der Waals surface area (Å²) >= 11 is 0. The van der Waals surface area contributed by atoms with Gasteiger partial charge in [0.1, 0.15) is 6.61 Å². The van der Waals surface area contributed by atoms with Crippen LogP contribution in [0.2, 0.25) is 0 Å². The molecule has 0 saturated heterocycles. The number of ketones is 1. The normalized spacial score (nSPS) is 16.1. The van der Waals surface area contributed by atoms with Gasteiger partial charge in [0.15, 0.2) is 5.78 Å². The highest BCUT2D eigenvalue weighted by atomic mass is 17.2. The summed E-state index contributed by atoms with van der Waals surface area (Å²) in [6.45, 7) is 6.47. The molecule has 126 valence electrons. The van der Waals surface area contributed by atoms with Gasteiger partial charge in [-0.1, -0.05) is 44.2 Å². The molecule has 0 unspecified atom stereocenters. The van der Waals surface area contributed by atoms with Gasteiger partial charge in [0.2, 0.25) is 0 Å². The molecule has 0 bridgehead atoms. The fourth-order valence-electron chi connectivity index (χ4n) is 3.49. The van der Waals surface area contributed by atoms with E-state index in [1.165, 1.54) is 7.11 Å². The van der Waals surface area contributed by atoms with Crippen molar-refractivity contribution in [3.63, 3.8) is 0 Å². The summed E-state index contributed by atoms with van der Waals surface area (Å²) in [6.07, 6.45) is 1.34. The molecule has 1 heterocycles. The predicted molar refractivity (Wildman–Crippen MR) is 92.6 cm³/mol. The molecule has 4 heteroatoms. The largest absolute Gasteiger partial charge is 0.294 e. The van der Waals surface area contributed by atoms with E-state index in [1.807, 2.05) is 37.3 Å². The minimum atomic E-state index is -0.0535. The van der Waals surface area contributed by atoms with Crippen LogP contribution in [-0.2, 0) is 22.8 Å². The van der Waals surface area contributed by atoms with Gasteiger partial charge in [-0.3, -0.25) is 9.78 Å². The van der Waals surface area contributed by atoms with Crippen molar-refractivity contribution in [3.8, 4) is 11.1 Å². The Morgan fingerprint density at radius 3 is 2.50 bits per heavy atom. The van der Waals surface area contributed by atoms with E-state index in [9.17, 15) is 4.79 Å². The lowest BCUT2D eigenvalue weighted by atomic mass is 9.73. The second-order valence-electron chi connectivity index (χ2n) is 7.11. The molecule has 2 aromatic rings. The van der Waals surface area contributed by atoms with Gasteiger partial charge in [-0.25, -0.2) is 9.78 Å². The van der Waals surface area contributed by atoms with Crippen LogP contribution in [0.25, 0.3) is 11.1 Å². The van der Waals surface area contributed by atoms with Gasteiger partial charge >= 0.3 is 0 Å². The summed E-state index contributed by atoms with van der Waals surface area (Å²) in [7, 11) is 1.48. The zero-order valence-corrected chi connectivity index (χ0v) is 14.7. The lowest BCUT2D eigenvalue weighted by Gasteiger charge is -2.32. The zero-order chi connectivity index (χ0) is 17.3. The molecule has 0 fully saturated rings. The number of aromatic nitrogens is 1. The molecule has 0 saturated carbocycles. The minimum Gasteiger partial charge on any atom is -0.294 e. The van der Waals surface area contributed by atoms with E-state index in [-0.39, 0.29) is 17.8 Å². The molecular formula is C20H23NO3. The Hall–Kier alpha value is -2.04. The molecule has 1 aliphatic carbocycles. The second kappa shape index (κ2) is 6.46. The maximum atomic E-state index is 12.9. The van der Waals surface area contributed by atoms with E-state index in [0.29, 0.717) is 6.42 Å². The van der Waals surface area contributed by atoms with Crippen molar-refractivity contribution in [1.29, 1.82) is 0 Å². The van der Waals surface area contributed by atoms with Crippen LogP contribution in [0.1, 0.15) is 47.6 Å². The maximum absolute atomic E-state index is 12.9. The Balaban J connectivity index is 2.26. The fourth-order valence-corrected chi connectivity index (χ4v) is 3.49. The number of pyridine rings is 1. The second-order valence-corrected chi connectivity index (χ2v) is 7.11. The van der Waals surface area contributed by atoms with Crippen molar-refractivity contribution < 1.29 is 14.6 Å². The number of hydrogen-bond donors (Lipinski definition) is 0. The summed E-state index contributed by atoms with van der Waals surface area (Å²) < 4.78 is 0. The molecule has 24 heavy (non-hydrogen) atoms. The fraction of sp³-hybridized carbons (Fsp3) is 0.400. The van der Waals surface area contributed by atoms with Gasteiger partial charge in [0.25, 0.3) is 0 Å². The molecule has 1 aromatic carbocycles. The van der Waals surface area contributed by atoms with Crippen molar-refractivity contribution in [2.75, 3.05) is 7.11 Å². The molecule has 0 atom stereocenters. The Bertz CT molecular complexity index is 766. The molecule has 0 radical (unpaired) electrons. The Morgan fingerprint density at radius 1 is 1.12 bits per heavy atom. The van der Waals surface area contributed by atoms with Gasteiger partial charge in [-0.15, -0.1) is 0 Å². The molecule has 4 nitrogen and oxygen atoms in total. The summed E-state index contributed by atoms with van der Waals surface area (Å²) in [5.74, 6) is 0.159. The van der Waals surface area contributed by atoms with E-state index >= 15 is 0 Å². The Labute approximate surface area is 142 Å². The van der Waals surface area contributed by atoms with Gasteiger partial charge in [0, 0.05) is 28.8 Å². The molecule has 0 N–H and O–H groups in total. The van der Waals surface area contributed by atoms with Crippen molar-refractivity contribution >= 4 is 5.78 Å². The van der Waals surface area contributed by atoms with Gasteiger partial charge < -0.3 is 0 Å². The van der Waals surface area contributed by atoms with Crippen LogP contribution in [0.15, 0.2) is 30.3 Å². The highest BCUT2D eigenvalue weighted by molar-refractivity contribution is 6.05. The maximum Gasteiger partial charge on any atom is 0.165 e. The van der Waals surface area contributed by atoms with Crippen LogP contribution >= 0.6 is 0 Å². The number of nitrogens with zero attached hydrogens (tertiary/aromatic N) is 1. The van der Waals surface area contributed by atoms with Crippen molar-refractivity contribution in [1.82, 2.24) is 4.98 Å². The summed E-state index contributed by atoms with van der Waals surface area (Å²) in [4.78, 5) is 27.6. The minimum absolute atomic E-state index is 0.0535. The highest BCUT2D eigenvalue weighted by Crippen LogP contribution is 2.40. The molecule has 1 aliphatic rings. The number of carbonyl (C=O) groups is 1. The first-order chi connectivity index (χ1) is 11.4. The lowest BCUT2D eigenvalue weighted by molar-refractivity contribution is -0.282. The smallest absolute Gasteiger partial charge is 0.165 e. The summed E-state index contributed by atoms with van der Waals surface area (Å²) in [6, 6.07) is 9.99. The third-order valence-electron chi connectivity index (χ3n) is 4.53. The van der Waals surface area contributed by atoms with E-state index in [0.717, 1.165) is 40.1 Å². The molecule has 1 aromatic heterocycles. The molecule has 0 amide bonds. The van der Waals surface area contributed by atoms with E-state index < -0.39 is 0 Å². The van der Waals surface area contributed by atoms with E-state index in [4.69, 9.17) is 14.8 Å². The monoisotopic (exact) mass is 325 g/mol. The molecule has 3 rings (SSSR count). The predicted octanol–water partition coefficient (Wildman–Crippen LogP) is 4.29. The Morgan fingerprint density at radius 2 is 1.83 bits per heavy atom. The van der Waals surface area contributed by atoms with E-state index in [1.54, 1.807) is 0 Å². The first-order valence-corrected chi connectivity index (χ1v) is 8.19. The van der Waals surface area contributed by atoms with Crippen LogP contribution in [0.3, 0.4) is 0 Å².